The van der Waals surface area contributed by atoms with Gasteiger partial charge in [0.2, 0.25) is 0 Å². The number of methoxy groups -OCH3 is 1. The highest BCUT2D eigenvalue weighted by molar-refractivity contribution is 5.88. The summed E-state index contributed by atoms with van der Waals surface area (Å²) in [5.41, 5.74) is -0.985. The number of hydrogen-bond donors (Lipinski definition) is 0. The van der Waals surface area contributed by atoms with Crippen LogP contribution in [0.4, 0.5) is 13.2 Å². The van der Waals surface area contributed by atoms with Crippen LogP contribution in [-0.4, -0.2) is 23.8 Å². The van der Waals surface area contributed by atoms with Crippen molar-refractivity contribution in [3.05, 3.63) is 34.2 Å². The molecule has 0 saturated carbocycles. The Morgan fingerprint density at radius 2 is 2.06 bits per heavy atom. The number of rotatable bonds is 2. The Kier molecular flexibility index (Phi) is 3.59. The number of pyridine rings is 1. The van der Waals surface area contributed by atoms with E-state index in [0.29, 0.717) is 4.57 Å². The van der Waals surface area contributed by atoms with E-state index in [-0.39, 0.29) is 5.56 Å². The van der Waals surface area contributed by atoms with Crippen molar-refractivity contribution >= 4 is 5.97 Å². The number of nitrogens with zero attached hydrogens (tertiary/aromatic N) is 1. The van der Waals surface area contributed by atoms with Gasteiger partial charge in [0.25, 0.3) is 5.56 Å². The van der Waals surface area contributed by atoms with Gasteiger partial charge in [-0.05, 0) is 13.0 Å². The van der Waals surface area contributed by atoms with Crippen LogP contribution in [0, 0.1) is 0 Å². The van der Waals surface area contributed by atoms with Crippen molar-refractivity contribution in [3.8, 4) is 0 Å². The minimum absolute atomic E-state index is 0.0804. The predicted octanol–water partition coefficient (Wildman–Crippen LogP) is 1.76. The van der Waals surface area contributed by atoms with Gasteiger partial charge in [-0.15, -0.1) is 0 Å². The second-order valence-electron chi connectivity index (χ2n) is 3.37. The molecule has 7 heteroatoms. The molecule has 0 aliphatic heterocycles. The zero-order valence-electron chi connectivity index (χ0n) is 9.12. The van der Waals surface area contributed by atoms with Crippen molar-refractivity contribution in [1.82, 2.24) is 4.57 Å². The van der Waals surface area contributed by atoms with E-state index in [1.807, 2.05) is 0 Å². The highest BCUT2D eigenvalue weighted by Crippen LogP contribution is 2.28. The first-order valence-corrected chi connectivity index (χ1v) is 4.64. The van der Waals surface area contributed by atoms with Gasteiger partial charge in [-0.25, -0.2) is 4.79 Å². The van der Waals surface area contributed by atoms with Gasteiger partial charge in [0, 0.05) is 12.3 Å². The molecular weight excluding hydrogens is 239 g/mol. The monoisotopic (exact) mass is 249 g/mol. The van der Waals surface area contributed by atoms with Crippen LogP contribution in [0.1, 0.15) is 23.3 Å². The van der Waals surface area contributed by atoms with E-state index in [4.69, 9.17) is 0 Å². The van der Waals surface area contributed by atoms with E-state index >= 15 is 0 Å². The molecule has 0 aliphatic carbocycles. The summed E-state index contributed by atoms with van der Waals surface area (Å²) in [5.74, 6) is -0.770. The molecule has 0 amide bonds. The average molecular weight is 249 g/mol. The second-order valence-corrected chi connectivity index (χ2v) is 3.37. The minimum Gasteiger partial charge on any atom is -0.465 e. The maximum absolute atomic E-state index is 12.4. The molecule has 0 saturated heterocycles. The lowest BCUT2D eigenvalue weighted by atomic mass is 10.2. The van der Waals surface area contributed by atoms with E-state index in [1.54, 1.807) is 0 Å². The lowest BCUT2D eigenvalue weighted by molar-refractivity contribution is -0.163. The second kappa shape index (κ2) is 4.60. The predicted molar refractivity (Wildman–Crippen MR) is 52.8 cm³/mol. The average Bonchev–Trinajstić information content (AvgIpc) is 2.25. The molecule has 0 aromatic carbocycles. The van der Waals surface area contributed by atoms with Crippen LogP contribution in [0.2, 0.25) is 0 Å². The number of alkyl halides is 3. The summed E-state index contributed by atoms with van der Waals surface area (Å²) in [6.45, 7) is 0.860. The Balaban J connectivity index is 3.15. The maximum atomic E-state index is 12.4. The van der Waals surface area contributed by atoms with Crippen LogP contribution in [0.5, 0.6) is 0 Å². The van der Waals surface area contributed by atoms with Crippen molar-refractivity contribution in [2.24, 2.45) is 0 Å². The third-order valence-electron chi connectivity index (χ3n) is 2.26. The van der Waals surface area contributed by atoms with Gasteiger partial charge >= 0.3 is 12.1 Å². The smallest absolute Gasteiger partial charge is 0.408 e. The standard InChI is InChI=1S/C10H10F3NO3/c1-6(10(11,12)13)14-4-3-7(5-8(14)15)9(16)17-2/h3-6H,1-2H3. The van der Waals surface area contributed by atoms with E-state index in [2.05, 4.69) is 4.74 Å². The van der Waals surface area contributed by atoms with Gasteiger partial charge in [-0.2, -0.15) is 13.2 Å². The third-order valence-corrected chi connectivity index (χ3v) is 2.26. The summed E-state index contributed by atoms with van der Waals surface area (Å²) in [7, 11) is 1.12. The van der Waals surface area contributed by atoms with Crippen molar-refractivity contribution < 1.29 is 22.7 Å². The molecule has 0 spiro atoms. The van der Waals surface area contributed by atoms with E-state index < -0.39 is 23.7 Å². The first-order chi connectivity index (χ1) is 7.77. The fourth-order valence-corrected chi connectivity index (χ4v) is 1.21. The van der Waals surface area contributed by atoms with Gasteiger partial charge in [0.05, 0.1) is 12.7 Å². The highest BCUT2D eigenvalue weighted by Gasteiger charge is 2.37. The molecule has 0 aliphatic rings. The van der Waals surface area contributed by atoms with Gasteiger partial charge in [-0.3, -0.25) is 4.79 Å². The summed E-state index contributed by atoms with van der Waals surface area (Å²) in [4.78, 5) is 22.5. The fourth-order valence-electron chi connectivity index (χ4n) is 1.21. The lowest BCUT2D eigenvalue weighted by Crippen LogP contribution is -2.32. The number of hydrogen-bond acceptors (Lipinski definition) is 3. The highest BCUT2D eigenvalue weighted by atomic mass is 19.4. The third kappa shape index (κ3) is 2.86. The largest absolute Gasteiger partial charge is 0.465 e. The zero-order valence-corrected chi connectivity index (χ0v) is 9.12. The lowest BCUT2D eigenvalue weighted by Gasteiger charge is -2.18. The van der Waals surface area contributed by atoms with Crippen LogP contribution in [-0.2, 0) is 4.74 Å². The van der Waals surface area contributed by atoms with E-state index in [9.17, 15) is 22.8 Å². The van der Waals surface area contributed by atoms with Gasteiger partial charge < -0.3 is 9.30 Å². The maximum Gasteiger partial charge on any atom is 0.408 e. The quantitative estimate of drug-likeness (QED) is 0.750. The summed E-state index contributed by atoms with van der Waals surface area (Å²) in [5, 5.41) is 0. The molecule has 1 aromatic rings. The van der Waals surface area contributed by atoms with E-state index in [0.717, 1.165) is 32.4 Å². The zero-order chi connectivity index (χ0) is 13.2. The molecule has 1 heterocycles. The van der Waals surface area contributed by atoms with Crippen molar-refractivity contribution in [2.45, 2.75) is 19.1 Å². The number of aromatic nitrogens is 1. The number of ether oxygens (including phenoxy) is 1. The molecule has 0 radical (unpaired) electrons. The Morgan fingerprint density at radius 3 is 2.47 bits per heavy atom. The fraction of sp³-hybridized carbons (Fsp3) is 0.400. The molecule has 94 valence electrons. The molecule has 1 rings (SSSR count). The van der Waals surface area contributed by atoms with Gasteiger partial charge in [-0.1, -0.05) is 0 Å². The molecular formula is C10H10F3NO3. The van der Waals surface area contributed by atoms with Crippen LogP contribution in [0.15, 0.2) is 23.1 Å². The summed E-state index contributed by atoms with van der Waals surface area (Å²) in [6, 6.07) is -0.0227. The number of esters is 1. The van der Waals surface area contributed by atoms with Crippen molar-refractivity contribution in [3.63, 3.8) is 0 Å². The van der Waals surface area contributed by atoms with Gasteiger partial charge in [0.15, 0.2) is 0 Å². The van der Waals surface area contributed by atoms with Crippen molar-refractivity contribution in [1.29, 1.82) is 0 Å². The summed E-state index contributed by atoms with van der Waals surface area (Å²) >= 11 is 0. The van der Waals surface area contributed by atoms with Crippen LogP contribution < -0.4 is 5.56 Å². The summed E-state index contributed by atoms with van der Waals surface area (Å²) in [6.07, 6.45) is -3.59. The van der Waals surface area contributed by atoms with E-state index in [1.165, 1.54) is 0 Å². The molecule has 0 fully saturated rings. The van der Waals surface area contributed by atoms with Crippen LogP contribution >= 0.6 is 0 Å². The topological polar surface area (TPSA) is 48.3 Å². The molecule has 1 aromatic heterocycles. The molecule has 1 unspecified atom stereocenters. The Hall–Kier alpha value is -1.79. The molecule has 17 heavy (non-hydrogen) atoms. The molecule has 0 bridgehead atoms. The van der Waals surface area contributed by atoms with Gasteiger partial charge in [0.1, 0.15) is 6.04 Å². The minimum atomic E-state index is -4.52. The van der Waals surface area contributed by atoms with Crippen LogP contribution in [0.3, 0.4) is 0 Å². The van der Waals surface area contributed by atoms with Crippen molar-refractivity contribution in [2.75, 3.05) is 7.11 Å². The first kappa shape index (κ1) is 13.3. The molecule has 4 nitrogen and oxygen atoms in total. The summed E-state index contributed by atoms with van der Waals surface area (Å²) < 4.78 is 42.0. The number of carbonyl (C=O) groups is 1. The molecule has 0 N–H and O–H groups in total. The Morgan fingerprint density at radius 1 is 1.47 bits per heavy atom. The van der Waals surface area contributed by atoms with Crippen LogP contribution in [0.25, 0.3) is 0 Å². The number of carbonyl (C=O) groups excluding carboxylic acids is 1. The first-order valence-electron chi connectivity index (χ1n) is 4.64. The number of halogens is 3. The SMILES string of the molecule is COC(=O)c1ccn(C(C)C(F)(F)F)c(=O)c1. The Bertz CT molecular complexity index is 478. The Labute approximate surface area is 94.6 Å². The molecule has 1 atom stereocenters. The normalized spacial score (nSPS) is 13.2.